The van der Waals surface area contributed by atoms with Crippen molar-refractivity contribution < 1.29 is 19.4 Å². The first-order valence-corrected chi connectivity index (χ1v) is 5.82. The lowest BCUT2D eigenvalue weighted by Crippen LogP contribution is -2.27. The molecule has 6 heteroatoms. The number of hydrogen-bond donors (Lipinski definition) is 1. The average molecular weight is 284 g/mol. The van der Waals surface area contributed by atoms with Crippen molar-refractivity contribution in [3.63, 3.8) is 0 Å². The lowest BCUT2D eigenvalue weighted by molar-refractivity contribution is -0.132. The molecule has 0 aromatic heterocycles. The molecule has 0 spiro atoms. The number of likely N-dealkylation sites (N-methyl/N-ethyl adjacent to an activating group) is 1. The molecule has 1 N–H and O–H groups in total. The standard InChI is InChI=1S/C13H14ClNO4/c1-15(2)12(16)8-19-11-5-3-4-10(14)9(11)6-7-13(17)18/h3-7H,8H2,1-2H3,(H,17,18)/b7-6+. The van der Waals surface area contributed by atoms with Gasteiger partial charge in [-0.25, -0.2) is 4.79 Å². The van der Waals surface area contributed by atoms with E-state index in [9.17, 15) is 9.59 Å². The van der Waals surface area contributed by atoms with Crippen LogP contribution in [0.3, 0.4) is 0 Å². The molecule has 0 aliphatic heterocycles. The summed E-state index contributed by atoms with van der Waals surface area (Å²) in [6, 6.07) is 4.90. The van der Waals surface area contributed by atoms with Gasteiger partial charge in [-0.05, 0) is 18.2 Å². The third-order valence-corrected chi connectivity index (χ3v) is 2.59. The predicted octanol–water partition coefficient (Wildman–Crippen LogP) is 1.90. The molecule has 0 aliphatic carbocycles. The molecule has 0 atom stereocenters. The van der Waals surface area contributed by atoms with Gasteiger partial charge in [-0.3, -0.25) is 4.79 Å². The Bertz CT molecular complexity index is 511. The molecule has 0 fully saturated rings. The third-order valence-electron chi connectivity index (χ3n) is 2.26. The Morgan fingerprint density at radius 2 is 2.11 bits per heavy atom. The molecule has 1 aromatic carbocycles. The number of aliphatic carboxylic acids is 1. The van der Waals surface area contributed by atoms with Gasteiger partial charge in [0.25, 0.3) is 5.91 Å². The van der Waals surface area contributed by atoms with Crippen LogP contribution < -0.4 is 4.74 Å². The monoisotopic (exact) mass is 283 g/mol. The molecule has 1 amide bonds. The zero-order valence-electron chi connectivity index (χ0n) is 10.6. The second-order valence-electron chi connectivity index (χ2n) is 3.90. The molecule has 0 radical (unpaired) electrons. The van der Waals surface area contributed by atoms with Crippen LogP contribution in [0.5, 0.6) is 5.75 Å². The first-order chi connectivity index (χ1) is 8.91. The molecule has 0 heterocycles. The fourth-order valence-corrected chi connectivity index (χ4v) is 1.46. The Hall–Kier alpha value is -2.01. The number of hydrogen-bond acceptors (Lipinski definition) is 3. The van der Waals surface area contributed by atoms with Crippen molar-refractivity contribution in [2.24, 2.45) is 0 Å². The van der Waals surface area contributed by atoms with Crippen LogP contribution in [-0.2, 0) is 9.59 Å². The number of carbonyl (C=O) groups excluding carboxylic acids is 1. The van der Waals surface area contributed by atoms with Crippen LogP contribution in [0, 0.1) is 0 Å². The highest BCUT2D eigenvalue weighted by Gasteiger charge is 2.09. The summed E-state index contributed by atoms with van der Waals surface area (Å²) in [5.74, 6) is -0.927. The number of carboxylic acid groups (broad SMARTS) is 1. The fourth-order valence-electron chi connectivity index (χ4n) is 1.23. The van der Waals surface area contributed by atoms with Crippen LogP contribution in [0.2, 0.25) is 5.02 Å². The quantitative estimate of drug-likeness (QED) is 0.838. The molecule has 5 nitrogen and oxygen atoms in total. The fraction of sp³-hybridized carbons (Fsp3) is 0.231. The highest BCUT2D eigenvalue weighted by Crippen LogP contribution is 2.27. The van der Waals surface area contributed by atoms with E-state index in [1.54, 1.807) is 32.3 Å². The number of nitrogens with zero attached hydrogens (tertiary/aromatic N) is 1. The van der Waals surface area contributed by atoms with Crippen LogP contribution in [0.25, 0.3) is 6.08 Å². The van der Waals surface area contributed by atoms with Crippen molar-refractivity contribution in [2.45, 2.75) is 0 Å². The summed E-state index contributed by atoms with van der Waals surface area (Å²) in [5, 5.41) is 8.97. The number of halogens is 1. The van der Waals surface area contributed by atoms with Gasteiger partial charge in [0.2, 0.25) is 0 Å². The van der Waals surface area contributed by atoms with E-state index in [-0.39, 0.29) is 12.5 Å². The van der Waals surface area contributed by atoms with Crippen molar-refractivity contribution in [1.29, 1.82) is 0 Å². The second kappa shape index (κ2) is 6.80. The maximum atomic E-state index is 11.4. The van der Waals surface area contributed by atoms with E-state index in [0.717, 1.165) is 6.08 Å². The summed E-state index contributed by atoms with van der Waals surface area (Å²) in [5.41, 5.74) is 0.429. The molecule has 1 aromatic rings. The molecular weight excluding hydrogens is 270 g/mol. The summed E-state index contributed by atoms with van der Waals surface area (Å²) in [7, 11) is 3.24. The normalized spacial score (nSPS) is 10.5. The minimum Gasteiger partial charge on any atom is -0.483 e. The van der Waals surface area contributed by atoms with Crippen LogP contribution in [0.4, 0.5) is 0 Å². The summed E-state index contributed by atoms with van der Waals surface area (Å²) in [6.07, 6.45) is 2.29. The minimum atomic E-state index is -1.09. The Balaban J connectivity index is 2.91. The summed E-state index contributed by atoms with van der Waals surface area (Å²) in [6.45, 7) is -0.138. The maximum absolute atomic E-state index is 11.4. The van der Waals surface area contributed by atoms with Gasteiger partial charge in [0.05, 0.1) is 5.02 Å². The van der Waals surface area contributed by atoms with Crippen LogP contribution in [0.1, 0.15) is 5.56 Å². The molecule has 102 valence electrons. The van der Waals surface area contributed by atoms with E-state index in [1.165, 1.54) is 11.0 Å². The molecule has 0 bridgehead atoms. The van der Waals surface area contributed by atoms with Crippen molar-refractivity contribution in [1.82, 2.24) is 4.90 Å². The van der Waals surface area contributed by atoms with Gasteiger partial charge in [-0.15, -0.1) is 0 Å². The average Bonchev–Trinajstić information content (AvgIpc) is 2.34. The Kier molecular flexibility index (Phi) is 5.38. The van der Waals surface area contributed by atoms with Gasteiger partial charge in [0.15, 0.2) is 6.61 Å². The predicted molar refractivity (Wildman–Crippen MR) is 72.3 cm³/mol. The lowest BCUT2D eigenvalue weighted by Gasteiger charge is -2.13. The van der Waals surface area contributed by atoms with Gasteiger partial charge in [-0.2, -0.15) is 0 Å². The highest BCUT2D eigenvalue weighted by atomic mass is 35.5. The Labute approximate surface area is 116 Å². The molecular formula is C13H14ClNO4. The minimum absolute atomic E-state index is 0.138. The SMILES string of the molecule is CN(C)C(=O)COc1cccc(Cl)c1/C=C/C(=O)O. The topological polar surface area (TPSA) is 66.8 Å². The summed E-state index contributed by atoms with van der Waals surface area (Å²) in [4.78, 5) is 23.4. The second-order valence-corrected chi connectivity index (χ2v) is 4.31. The van der Waals surface area contributed by atoms with E-state index in [4.69, 9.17) is 21.4 Å². The van der Waals surface area contributed by atoms with E-state index >= 15 is 0 Å². The smallest absolute Gasteiger partial charge is 0.328 e. The van der Waals surface area contributed by atoms with E-state index < -0.39 is 5.97 Å². The van der Waals surface area contributed by atoms with Crippen LogP contribution >= 0.6 is 11.6 Å². The van der Waals surface area contributed by atoms with Crippen LogP contribution in [-0.4, -0.2) is 42.6 Å². The summed E-state index contributed by atoms with van der Waals surface area (Å²) >= 11 is 5.97. The largest absolute Gasteiger partial charge is 0.483 e. The van der Waals surface area contributed by atoms with Gasteiger partial charge in [0.1, 0.15) is 5.75 Å². The first-order valence-electron chi connectivity index (χ1n) is 5.44. The summed E-state index contributed by atoms with van der Waals surface area (Å²) < 4.78 is 5.35. The van der Waals surface area contributed by atoms with Gasteiger partial charge >= 0.3 is 5.97 Å². The number of amides is 1. The number of ether oxygens (including phenoxy) is 1. The Morgan fingerprint density at radius 1 is 1.42 bits per heavy atom. The Morgan fingerprint density at radius 3 is 2.68 bits per heavy atom. The molecule has 1 rings (SSSR count). The zero-order valence-corrected chi connectivity index (χ0v) is 11.3. The number of rotatable bonds is 5. The van der Waals surface area contributed by atoms with Gasteiger partial charge < -0.3 is 14.7 Å². The van der Waals surface area contributed by atoms with Crippen molar-refractivity contribution >= 4 is 29.6 Å². The molecule has 0 aliphatic rings. The van der Waals surface area contributed by atoms with E-state index in [1.807, 2.05) is 0 Å². The maximum Gasteiger partial charge on any atom is 0.328 e. The first kappa shape index (κ1) is 15.0. The van der Waals surface area contributed by atoms with Crippen molar-refractivity contribution in [2.75, 3.05) is 20.7 Å². The van der Waals surface area contributed by atoms with Crippen molar-refractivity contribution in [3.05, 3.63) is 34.9 Å². The third kappa shape index (κ3) is 4.63. The number of carbonyl (C=O) groups is 2. The van der Waals surface area contributed by atoms with Gasteiger partial charge in [-0.1, -0.05) is 17.7 Å². The lowest BCUT2D eigenvalue weighted by atomic mass is 10.2. The molecule has 0 saturated carbocycles. The molecule has 0 unspecified atom stereocenters. The highest BCUT2D eigenvalue weighted by molar-refractivity contribution is 6.32. The van der Waals surface area contributed by atoms with E-state index in [0.29, 0.717) is 16.3 Å². The van der Waals surface area contributed by atoms with Crippen LogP contribution in [0.15, 0.2) is 24.3 Å². The van der Waals surface area contributed by atoms with Gasteiger partial charge in [0, 0.05) is 25.7 Å². The zero-order chi connectivity index (χ0) is 14.4. The molecule has 19 heavy (non-hydrogen) atoms. The molecule has 0 saturated heterocycles. The van der Waals surface area contributed by atoms with E-state index in [2.05, 4.69) is 0 Å². The number of benzene rings is 1. The number of carboxylic acids is 1. The van der Waals surface area contributed by atoms with Crippen molar-refractivity contribution in [3.8, 4) is 5.75 Å².